The summed E-state index contributed by atoms with van der Waals surface area (Å²) in [4.78, 5) is 11.8. The number of piperidine rings is 1. The third-order valence-electron chi connectivity index (χ3n) is 6.13. The molecule has 1 aromatic rings. The van der Waals surface area contributed by atoms with E-state index in [9.17, 15) is 0 Å². The van der Waals surface area contributed by atoms with E-state index in [1.165, 1.54) is 12.8 Å². The minimum absolute atomic E-state index is 0. The van der Waals surface area contributed by atoms with Gasteiger partial charge in [-0.3, -0.25) is 0 Å². The number of anilines is 1. The summed E-state index contributed by atoms with van der Waals surface area (Å²) in [5, 5.41) is 6.73. The van der Waals surface area contributed by atoms with Gasteiger partial charge in [0.15, 0.2) is 5.96 Å². The average Bonchev–Trinajstić information content (AvgIpc) is 2.81. The molecule has 0 aromatic carbocycles. The van der Waals surface area contributed by atoms with Gasteiger partial charge in [-0.15, -0.1) is 24.0 Å². The van der Waals surface area contributed by atoms with E-state index in [0.29, 0.717) is 12.5 Å². The van der Waals surface area contributed by atoms with E-state index in [0.717, 1.165) is 95.1 Å². The van der Waals surface area contributed by atoms with Crippen LogP contribution in [0.4, 0.5) is 5.82 Å². The topological polar surface area (TPSA) is 71.0 Å². The molecule has 2 aliphatic rings. The van der Waals surface area contributed by atoms with Gasteiger partial charge < -0.3 is 25.0 Å². The Morgan fingerprint density at radius 1 is 1.19 bits per heavy atom. The molecular weight excluding hydrogens is 517 g/mol. The van der Waals surface area contributed by atoms with Crippen LogP contribution in [0, 0.1) is 11.8 Å². The van der Waals surface area contributed by atoms with Crippen molar-refractivity contribution in [3.8, 4) is 0 Å². The molecule has 1 aromatic heterocycles. The highest BCUT2D eigenvalue weighted by molar-refractivity contribution is 14.0. The molecule has 0 aliphatic carbocycles. The molecule has 8 heteroatoms. The highest BCUT2D eigenvalue weighted by Crippen LogP contribution is 2.21. The fourth-order valence-corrected chi connectivity index (χ4v) is 3.99. The van der Waals surface area contributed by atoms with Crippen LogP contribution in [0.3, 0.4) is 0 Å². The lowest BCUT2D eigenvalue weighted by Crippen LogP contribution is -2.38. The molecule has 3 rings (SSSR count). The van der Waals surface area contributed by atoms with Gasteiger partial charge >= 0.3 is 0 Å². The van der Waals surface area contributed by atoms with Crippen LogP contribution >= 0.6 is 24.0 Å². The molecule has 2 N–H and O–H groups in total. The molecule has 32 heavy (non-hydrogen) atoms. The van der Waals surface area contributed by atoms with Gasteiger partial charge in [0.25, 0.3) is 0 Å². The fourth-order valence-electron chi connectivity index (χ4n) is 3.99. The van der Waals surface area contributed by atoms with Crippen molar-refractivity contribution in [2.75, 3.05) is 57.5 Å². The molecule has 0 amide bonds. The van der Waals surface area contributed by atoms with Gasteiger partial charge in [0.05, 0.1) is 6.54 Å². The lowest BCUT2D eigenvalue weighted by molar-refractivity contribution is 0.0203. The second-order valence-corrected chi connectivity index (χ2v) is 8.80. The second kappa shape index (κ2) is 15.7. The number of halogens is 1. The number of nitrogens with one attached hydrogen (secondary N) is 2. The van der Waals surface area contributed by atoms with E-state index < -0.39 is 0 Å². The zero-order valence-corrected chi connectivity index (χ0v) is 22.2. The molecule has 2 fully saturated rings. The Balaban J connectivity index is 0.00000363. The van der Waals surface area contributed by atoms with Crippen molar-refractivity contribution in [1.29, 1.82) is 0 Å². The van der Waals surface area contributed by atoms with Gasteiger partial charge in [-0.05, 0) is 62.5 Å². The van der Waals surface area contributed by atoms with Gasteiger partial charge in [0.1, 0.15) is 5.82 Å². The van der Waals surface area contributed by atoms with Crippen LogP contribution in [0.25, 0.3) is 0 Å². The Morgan fingerprint density at radius 2 is 1.97 bits per heavy atom. The van der Waals surface area contributed by atoms with E-state index >= 15 is 0 Å². The number of ether oxygens (including phenoxy) is 2. The van der Waals surface area contributed by atoms with Gasteiger partial charge in [-0.25, -0.2) is 9.98 Å². The first-order valence-corrected chi connectivity index (χ1v) is 12.1. The standard InChI is InChI=1S/C24H41N5O2.HI/c1-3-25-24(26-11-4-14-31-19-21-9-15-30-16-10-21)28-18-22-5-6-23(27-17-22)29-12-7-20(2)8-13-29;/h5-6,17,20-21H,3-4,7-16,18-19H2,1-2H3,(H2,25,26,28);1H. The van der Waals surface area contributed by atoms with Gasteiger partial charge in [0.2, 0.25) is 0 Å². The molecule has 0 spiro atoms. The minimum atomic E-state index is 0. The number of aliphatic imine (C=N–C) groups is 1. The predicted octanol–water partition coefficient (Wildman–Crippen LogP) is 3.82. The van der Waals surface area contributed by atoms with Crippen molar-refractivity contribution in [3.05, 3.63) is 23.9 Å². The first-order chi connectivity index (χ1) is 15.2. The maximum atomic E-state index is 5.84. The molecule has 3 heterocycles. The summed E-state index contributed by atoms with van der Waals surface area (Å²) in [7, 11) is 0. The molecule has 0 unspecified atom stereocenters. The molecule has 0 saturated carbocycles. The summed E-state index contributed by atoms with van der Waals surface area (Å²) in [5.41, 5.74) is 1.13. The SMILES string of the molecule is CCNC(=NCc1ccc(N2CCC(C)CC2)nc1)NCCCOCC1CCOCC1.I. The van der Waals surface area contributed by atoms with Crippen LogP contribution in [0.5, 0.6) is 0 Å². The van der Waals surface area contributed by atoms with E-state index in [1.54, 1.807) is 0 Å². The third-order valence-corrected chi connectivity index (χ3v) is 6.13. The number of hydrogen-bond acceptors (Lipinski definition) is 5. The van der Waals surface area contributed by atoms with Crippen LogP contribution in [0.15, 0.2) is 23.3 Å². The number of guanidine groups is 1. The van der Waals surface area contributed by atoms with Crippen LogP contribution < -0.4 is 15.5 Å². The molecule has 2 aliphatic heterocycles. The summed E-state index contributed by atoms with van der Waals surface area (Å²) in [5.74, 6) is 3.44. The highest BCUT2D eigenvalue weighted by Gasteiger charge is 2.16. The van der Waals surface area contributed by atoms with Crippen LogP contribution in [0.2, 0.25) is 0 Å². The van der Waals surface area contributed by atoms with Crippen molar-refractivity contribution in [1.82, 2.24) is 15.6 Å². The summed E-state index contributed by atoms with van der Waals surface area (Å²) < 4.78 is 11.2. The molecular formula is C24H42IN5O2. The maximum absolute atomic E-state index is 5.84. The zero-order chi connectivity index (χ0) is 21.7. The third kappa shape index (κ3) is 9.79. The molecule has 7 nitrogen and oxygen atoms in total. The second-order valence-electron chi connectivity index (χ2n) is 8.80. The first-order valence-electron chi connectivity index (χ1n) is 12.1. The number of nitrogens with zero attached hydrogens (tertiary/aromatic N) is 3. The van der Waals surface area contributed by atoms with Gasteiger partial charge in [-0.1, -0.05) is 13.0 Å². The van der Waals surface area contributed by atoms with Crippen molar-refractivity contribution in [2.24, 2.45) is 16.8 Å². The van der Waals surface area contributed by atoms with E-state index in [2.05, 4.69) is 46.5 Å². The first kappa shape index (κ1) is 27.1. The normalized spacial score (nSPS) is 18.3. The molecule has 0 radical (unpaired) electrons. The Morgan fingerprint density at radius 3 is 2.66 bits per heavy atom. The van der Waals surface area contributed by atoms with Crippen LogP contribution in [-0.2, 0) is 16.0 Å². The number of pyridine rings is 1. The van der Waals surface area contributed by atoms with E-state index in [4.69, 9.17) is 14.5 Å². The largest absolute Gasteiger partial charge is 0.381 e. The summed E-state index contributed by atoms with van der Waals surface area (Å²) in [6.07, 6.45) is 7.70. The summed E-state index contributed by atoms with van der Waals surface area (Å²) >= 11 is 0. The number of rotatable bonds is 10. The fraction of sp³-hybridized carbons (Fsp3) is 0.750. The summed E-state index contributed by atoms with van der Waals surface area (Å²) in [6.45, 7) is 12.4. The van der Waals surface area contributed by atoms with Crippen molar-refractivity contribution < 1.29 is 9.47 Å². The number of aromatic nitrogens is 1. The Hall–Kier alpha value is -1.13. The Bertz CT molecular complexity index is 644. The molecule has 0 bridgehead atoms. The maximum Gasteiger partial charge on any atom is 0.191 e. The van der Waals surface area contributed by atoms with Crippen LogP contribution in [0.1, 0.15) is 51.5 Å². The van der Waals surface area contributed by atoms with Crippen molar-refractivity contribution >= 4 is 35.8 Å². The lowest BCUT2D eigenvalue weighted by Gasteiger charge is -2.31. The quantitative estimate of drug-likeness (QED) is 0.197. The Labute approximate surface area is 211 Å². The zero-order valence-electron chi connectivity index (χ0n) is 19.9. The lowest BCUT2D eigenvalue weighted by atomic mass is 9.99. The van der Waals surface area contributed by atoms with Crippen molar-refractivity contribution in [3.63, 3.8) is 0 Å². The van der Waals surface area contributed by atoms with Gasteiger partial charge in [0, 0.05) is 58.8 Å². The van der Waals surface area contributed by atoms with E-state index in [1.807, 2.05) is 6.20 Å². The van der Waals surface area contributed by atoms with Gasteiger partial charge in [-0.2, -0.15) is 0 Å². The summed E-state index contributed by atoms with van der Waals surface area (Å²) in [6, 6.07) is 4.29. The monoisotopic (exact) mass is 559 g/mol. The smallest absolute Gasteiger partial charge is 0.191 e. The molecule has 182 valence electrons. The predicted molar refractivity (Wildman–Crippen MR) is 142 cm³/mol. The highest BCUT2D eigenvalue weighted by atomic mass is 127. The van der Waals surface area contributed by atoms with E-state index in [-0.39, 0.29) is 24.0 Å². The minimum Gasteiger partial charge on any atom is -0.381 e. The molecule has 2 saturated heterocycles. The Kier molecular flexibility index (Phi) is 13.3. The average molecular weight is 560 g/mol. The molecule has 0 atom stereocenters. The van der Waals surface area contributed by atoms with Crippen LogP contribution in [-0.4, -0.2) is 63.6 Å². The van der Waals surface area contributed by atoms with Crippen molar-refractivity contribution in [2.45, 2.75) is 52.5 Å². The number of hydrogen-bond donors (Lipinski definition) is 2.